The van der Waals surface area contributed by atoms with Crippen molar-refractivity contribution in [2.24, 2.45) is 17.2 Å². The predicted molar refractivity (Wildman–Crippen MR) is 218 cm³/mol. The number of aliphatic hydroxyl groups is 2. The third-order valence-corrected chi connectivity index (χ3v) is 9.30. The minimum Gasteiger partial charge on any atom is -0.481 e. The second-order valence-electron chi connectivity index (χ2n) is 12.9. The molecule has 26 heteroatoms. The first kappa shape index (κ1) is 54.1. The number of hydrogen-bond donors (Lipinski definition) is 17. The van der Waals surface area contributed by atoms with Gasteiger partial charge >= 0.3 is 11.9 Å². The van der Waals surface area contributed by atoms with E-state index in [-0.39, 0.29) is 36.6 Å². The van der Waals surface area contributed by atoms with E-state index in [1.54, 1.807) is 0 Å². The van der Waals surface area contributed by atoms with E-state index in [9.17, 15) is 58.5 Å². The number of thiol groups is 3. The van der Waals surface area contributed by atoms with Crippen molar-refractivity contribution in [3.05, 3.63) is 0 Å². The summed E-state index contributed by atoms with van der Waals surface area (Å²) in [6.45, 7) is 0.715. The molecule has 0 radical (unpaired) electrons. The molecule has 0 saturated heterocycles. The van der Waals surface area contributed by atoms with E-state index in [1.807, 2.05) is 0 Å². The van der Waals surface area contributed by atoms with Gasteiger partial charge in [-0.25, -0.2) is 4.79 Å². The summed E-state index contributed by atoms with van der Waals surface area (Å²) < 4.78 is 0. The van der Waals surface area contributed by atoms with Crippen LogP contribution in [0.1, 0.15) is 51.9 Å². The molecule has 0 unspecified atom stereocenters. The topological polar surface area (TPSA) is 397 Å². The normalized spacial score (nSPS) is 15.7. The first-order chi connectivity index (χ1) is 27.3. The third kappa shape index (κ3) is 20.2. The number of carboxylic acids is 2. The maximum atomic E-state index is 13.5. The summed E-state index contributed by atoms with van der Waals surface area (Å²) >= 11 is 12.0. The van der Waals surface area contributed by atoms with Crippen molar-refractivity contribution in [3.63, 3.8) is 0 Å². The maximum Gasteiger partial charge on any atom is 0.327 e. The van der Waals surface area contributed by atoms with Gasteiger partial charge in [-0.3, -0.25) is 38.4 Å². The average Bonchev–Trinajstić information content (AvgIpc) is 3.17. The average molecular weight is 887 g/mol. The number of carbonyl (C=O) groups is 9. The lowest BCUT2D eigenvalue weighted by Gasteiger charge is -2.27. The Labute approximate surface area is 351 Å². The second kappa shape index (κ2) is 29.3. The standard InChI is InChI=1S/C32H58N10O13S3/c1-15(44)24(31(53)38-19(11-43)28(50)41-22(14-58)32(54)55)42-30(52)21(13-57)39-26(48)17(7-3-5-9-34)36-29(51)20(12-56)40-27(49)18(10-23(45)46)37-25(47)16(35)6-2-4-8-33/h15-22,24,43-44,56-58H,2-14,33-35H2,1H3,(H,36,51)(H,37,47)(H,38,53)(H,39,48)(H,40,49)(H,41,50)(H,42,52)(H,45,46)(H,54,55)/t15-,16+,17+,18+,19+,20+,21+,22+,24+/m1/s1. The molecule has 0 aliphatic heterocycles. The molecule has 58 heavy (non-hydrogen) atoms. The maximum absolute atomic E-state index is 13.5. The summed E-state index contributed by atoms with van der Waals surface area (Å²) in [6, 6.07) is -12.0. The van der Waals surface area contributed by atoms with Crippen LogP contribution in [-0.4, -0.2) is 165 Å². The van der Waals surface area contributed by atoms with E-state index < -0.39 is 121 Å². The van der Waals surface area contributed by atoms with Crippen molar-refractivity contribution < 1.29 is 63.6 Å². The lowest BCUT2D eigenvalue weighted by Crippen LogP contribution is -2.62. The molecular weight excluding hydrogens is 829 g/mol. The Bertz CT molecular complexity index is 1400. The molecule has 0 rings (SSSR count). The van der Waals surface area contributed by atoms with Gasteiger partial charge in [0.1, 0.15) is 42.3 Å². The Morgan fingerprint density at radius 1 is 0.534 bits per heavy atom. The van der Waals surface area contributed by atoms with Gasteiger partial charge in [-0.2, -0.15) is 37.9 Å². The molecule has 332 valence electrons. The summed E-state index contributed by atoms with van der Waals surface area (Å²) in [7, 11) is 0. The Hall–Kier alpha value is -3.92. The fourth-order valence-corrected chi connectivity index (χ4v) is 5.60. The quantitative estimate of drug-likeness (QED) is 0.0236. The zero-order valence-electron chi connectivity index (χ0n) is 31.9. The van der Waals surface area contributed by atoms with Crippen molar-refractivity contribution in [1.82, 2.24) is 37.2 Å². The summed E-state index contributed by atoms with van der Waals surface area (Å²) in [5.74, 6) is -11.0. The zero-order valence-corrected chi connectivity index (χ0v) is 34.6. The summed E-state index contributed by atoms with van der Waals surface area (Å²) in [4.78, 5) is 114. The Morgan fingerprint density at radius 2 is 0.931 bits per heavy atom. The molecule has 0 aliphatic carbocycles. The molecule has 0 saturated carbocycles. The molecule has 17 N–H and O–H groups in total. The number of aliphatic hydroxyl groups excluding tert-OH is 2. The van der Waals surface area contributed by atoms with Crippen LogP contribution in [0.15, 0.2) is 0 Å². The summed E-state index contributed by atoms with van der Waals surface area (Å²) in [6.07, 6.45) is -0.472. The van der Waals surface area contributed by atoms with Crippen LogP contribution in [-0.2, 0) is 43.2 Å². The second-order valence-corrected chi connectivity index (χ2v) is 14.0. The van der Waals surface area contributed by atoms with Gasteiger partial charge in [-0.1, -0.05) is 6.42 Å². The highest BCUT2D eigenvalue weighted by atomic mass is 32.1. The smallest absolute Gasteiger partial charge is 0.327 e. The van der Waals surface area contributed by atoms with Crippen molar-refractivity contribution in [2.45, 2.75) is 106 Å². The van der Waals surface area contributed by atoms with Gasteiger partial charge in [0.2, 0.25) is 41.4 Å². The van der Waals surface area contributed by atoms with Crippen molar-refractivity contribution in [2.75, 3.05) is 37.0 Å². The minimum atomic E-state index is -1.77. The highest BCUT2D eigenvalue weighted by Crippen LogP contribution is 2.06. The molecule has 0 aromatic rings. The number of amides is 7. The molecule has 9 atom stereocenters. The Balaban J connectivity index is 5.95. The molecule has 0 heterocycles. The SMILES string of the molecule is C[C@@H](O)[C@H](NC(=O)[C@H](CS)NC(=O)[C@H](CCCCN)NC(=O)[C@H](CS)NC(=O)[C@H](CC(=O)O)NC(=O)[C@@H](N)CCCCN)C(=O)N[C@@H](CO)C(=O)N[C@@H](CS)C(=O)O. The fourth-order valence-electron chi connectivity index (χ4n) is 4.84. The lowest BCUT2D eigenvalue weighted by molar-refractivity contribution is -0.142. The number of nitrogens with two attached hydrogens (primary N) is 3. The van der Waals surface area contributed by atoms with Crippen LogP contribution in [0, 0.1) is 0 Å². The van der Waals surface area contributed by atoms with Crippen molar-refractivity contribution in [3.8, 4) is 0 Å². The van der Waals surface area contributed by atoms with Crippen LogP contribution in [0.3, 0.4) is 0 Å². The van der Waals surface area contributed by atoms with Gasteiger partial charge in [0.05, 0.1) is 25.2 Å². The molecule has 0 bridgehead atoms. The van der Waals surface area contributed by atoms with Crippen LogP contribution >= 0.6 is 37.9 Å². The lowest BCUT2D eigenvalue weighted by atomic mass is 10.1. The molecule has 0 aliphatic rings. The summed E-state index contributed by atoms with van der Waals surface area (Å²) in [5, 5.41) is 54.3. The van der Waals surface area contributed by atoms with Gasteiger partial charge in [0.25, 0.3) is 0 Å². The van der Waals surface area contributed by atoms with E-state index in [1.165, 1.54) is 0 Å². The third-order valence-electron chi connectivity index (χ3n) is 8.20. The number of nitrogens with one attached hydrogen (secondary N) is 7. The number of unbranched alkanes of at least 4 members (excludes halogenated alkanes) is 2. The number of carbonyl (C=O) groups excluding carboxylic acids is 7. The first-order valence-electron chi connectivity index (χ1n) is 18.2. The van der Waals surface area contributed by atoms with Crippen LogP contribution in [0.4, 0.5) is 0 Å². The van der Waals surface area contributed by atoms with E-state index in [0.29, 0.717) is 32.2 Å². The monoisotopic (exact) mass is 886 g/mol. The van der Waals surface area contributed by atoms with Gasteiger partial charge in [0.15, 0.2) is 0 Å². The van der Waals surface area contributed by atoms with E-state index in [0.717, 1.165) is 6.92 Å². The van der Waals surface area contributed by atoms with Crippen LogP contribution in [0.2, 0.25) is 0 Å². The largest absolute Gasteiger partial charge is 0.481 e. The molecule has 0 spiro atoms. The Morgan fingerprint density at radius 3 is 1.38 bits per heavy atom. The van der Waals surface area contributed by atoms with Crippen molar-refractivity contribution >= 4 is 91.2 Å². The zero-order chi connectivity index (χ0) is 44.5. The van der Waals surface area contributed by atoms with Crippen LogP contribution in [0.25, 0.3) is 0 Å². The molecular formula is C32H58N10O13S3. The van der Waals surface area contributed by atoms with E-state index in [2.05, 4.69) is 75.1 Å². The highest BCUT2D eigenvalue weighted by Gasteiger charge is 2.35. The van der Waals surface area contributed by atoms with E-state index in [4.69, 9.17) is 22.3 Å². The van der Waals surface area contributed by atoms with Crippen LogP contribution < -0.4 is 54.4 Å². The van der Waals surface area contributed by atoms with Gasteiger partial charge in [0, 0.05) is 17.3 Å². The van der Waals surface area contributed by atoms with Crippen LogP contribution in [0.5, 0.6) is 0 Å². The summed E-state index contributed by atoms with van der Waals surface area (Å²) in [5.41, 5.74) is 16.9. The number of carboxylic acid groups (broad SMARTS) is 2. The molecule has 0 aromatic carbocycles. The number of rotatable bonds is 30. The van der Waals surface area contributed by atoms with Gasteiger partial charge in [-0.15, -0.1) is 0 Å². The first-order valence-corrected chi connectivity index (χ1v) is 20.1. The highest BCUT2D eigenvalue weighted by molar-refractivity contribution is 7.80. The number of hydrogen-bond acceptors (Lipinski definition) is 17. The molecule has 0 aromatic heterocycles. The molecule has 7 amide bonds. The minimum absolute atomic E-state index is 0.0259. The fraction of sp³-hybridized carbons (Fsp3) is 0.719. The van der Waals surface area contributed by atoms with Gasteiger partial charge in [-0.05, 0) is 52.1 Å². The predicted octanol–water partition coefficient (Wildman–Crippen LogP) is -6.31. The molecule has 0 fully saturated rings. The Kier molecular flexibility index (Phi) is 27.3. The van der Waals surface area contributed by atoms with Crippen molar-refractivity contribution in [1.29, 1.82) is 0 Å². The number of aliphatic carboxylic acids is 2. The van der Waals surface area contributed by atoms with Gasteiger partial charge < -0.3 is 74.8 Å². The molecule has 23 nitrogen and oxygen atoms in total. The van der Waals surface area contributed by atoms with E-state index >= 15 is 0 Å².